The Bertz CT molecular complexity index is 814. The van der Waals surface area contributed by atoms with E-state index in [0.29, 0.717) is 23.0 Å². The van der Waals surface area contributed by atoms with E-state index in [1.165, 1.54) is 25.3 Å². The SMILES string of the molecule is CN=C(NCc1ccc(C(N)=O)o1)NCc1cc(OC)ccc1OC(F)F.I. The quantitative estimate of drug-likeness (QED) is 0.286. The number of amides is 1. The van der Waals surface area contributed by atoms with Crippen LogP contribution in [0.1, 0.15) is 21.9 Å². The second-order valence-corrected chi connectivity index (χ2v) is 5.26. The van der Waals surface area contributed by atoms with Crippen LogP contribution in [0, 0.1) is 0 Å². The van der Waals surface area contributed by atoms with E-state index in [-0.39, 0.29) is 48.6 Å². The van der Waals surface area contributed by atoms with Crippen LogP contribution in [0.4, 0.5) is 8.78 Å². The number of ether oxygens (including phenoxy) is 2. The van der Waals surface area contributed by atoms with Crippen LogP contribution in [0.2, 0.25) is 0 Å². The van der Waals surface area contributed by atoms with Gasteiger partial charge >= 0.3 is 6.61 Å². The lowest BCUT2D eigenvalue weighted by Gasteiger charge is -2.15. The average Bonchev–Trinajstić information content (AvgIpc) is 3.12. The fourth-order valence-corrected chi connectivity index (χ4v) is 2.21. The molecule has 0 fully saturated rings. The minimum Gasteiger partial charge on any atom is -0.497 e. The Kier molecular flexibility index (Phi) is 9.48. The van der Waals surface area contributed by atoms with Crippen LogP contribution in [0.3, 0.4) is 0 Å². The zero-order valence-corrected chi connectivity index (χ0v) is 17.5. The predicted molar refractivity (Wildman–Crippen MR) is 109 cm³/mol. The summed E-state index contributed by atoms with van der Waals surface area (Å²) in [4.78, 5) is 15.1. The number of carbonyl (C=O) groups excluding carboxylic acids is 1. The minimum absolute atomic E-state index is 0. The molecule has 1 aromatic heterocycles. The molecule has 0 aliphatic rings. The van der Waals surface area contributed by atoms with E-state index in [0.717, 1.165) is 0 Å². The molecule has 154 valence electrons. The lowest BCUT2D eigenvalue weighted by molar-refractivity contribution is -0.0505. The van der Waals surface area contributed by atoms with E-state index in [2.05, 4.69) is 20.4 Å². The van der Waals surface area contributed by atoms with Crippen LogP contribution in [0.25, 0.3) is 0 Å². The van der Waals surface area contributed by atoms with Gasteiger partial charge in [0.25, 0.3) is 5.91 Å². The number of nitrogens with zero attached hydrogens (tertiary/aromatic N) is 1. The maximum absolute atomic E-state index is 12.6. The minimum atomic E-state index is -2.94. The van der Waals surface area contributed by atoms with Crippen LogP contribution in [-0.4, -0.2) is 32.6 Å². The molecular weight excluding hydrogens is 489 g/mol. The van der Waals surface area contributed by atoms with Gasteiger partial charge in [-0.3, -0.25) is 9.79 Å². The Morgan fingerprint density at radius 3 is 2.54 bits per heavy atom. The Balaban J connectivity index is 0.00000392. The molecule has 2 aromatic rings. The standard InChI is InChI=1S/C17H20F2N4O4.HI/c1-21-17(23-9-12-4-6-14(26-12)15(20)24)22-8-10-7-11(25-2)3-5-13(10)27-16(18)19;/h3-7,16H,8-9H2,1-2H3,(H2,20,24)(H2,21,22,23);1H. The second-order valence-electron chi connectivity index (χ2n) is 5.26. The number of nitrogens with one attached hydrogen (secondary N) is 2. The molecule has 0 unspecified atom stereocenters. The van der Waals surface area contributed by atoms with Crippen molar-refractivity contribution in [1.29, 1.82) is 0 Å². The number of benzene rings is 1. The molecule has 0 aliphatic heterocycles. The molecule has 0 radical (unpaired) electrons. The van der Waals surface area contributed by atoms with Gasteiger partial charge < -0.3 is 30.3 Å². The number of primary amides is 1. The third-order valence-electron chi connectivity index (χ3n) is 3.49. The first-order valence-corrected chi connectivity index (χ1v) is 7.87. The van der Waals surface area contributed by atoms with Gasteiger partial charge in [-0.05, 0) is 30.3 Å². The molecule has 1 heterocycles. The summed E-state index contributed by atoms with van der Waals surface area (Å²) in [6.45, 7) is -2.54. The Morgan fingerprint density at radius 2 is 1.96 bits per heavy atom. The molecule has 0 aliphatic carbocycles. The maximum Gasteiger partial charge on any atom is 0.387 e. The van der Waals surface area contributed by atoms with Crippen LogP contribution in [-0.2, 0) is 13.1 Å². The first kappa shape index (κ1) is 23.5. The van der Waals surface area contributed by atoms with E-state index in [1.54, 1.807) is 19.2 Å². The van der Waals surface area contributed by atoms with Crippen molar-refractivity contribution in [3.05, 3.63) is 47.4 Å². The number of hydrogen-bond acceptors (Lipinski definition) is 5. The third-order valence-corrected chi connectivity index (χ3v) is 3.49. The molecule has 8 nitrogen and oxygen atoms in total. The summed E-state index contributed by atoms with van der Waals surface area (Å²) in [6, 6.07) is 7.61. The van der Waals surface area contributed by atoms with Gasteiger partial charge in [0.15, 0.2) is 11.7 Å². The first-order valence-electron chi connectivity index (χ1n) is 7.87. The molecule has 1 aromatic carbocycles. The molecule has 0 bridgehead atoms. The summed E-state index contributed by atoms with van der Waals surface area (Å²) in [5.74, 6) is 0.803. The van der Waals surface area contributed by atoms with Crippen molar-refractivity contribution in [3.63, 3.8) is 0 Å². The Hall–Kier alpha value is -2.57. The fourth-order valence-electron chi connectivity index (χ4n) is 2.21. The van der Waals surface area contributed by atoms with Crippen LogP contribution in [0.5, 0.6) is 11.5 Å². The number of rotatable bonds is 8. The molecule has 0 saturated carbocycles. The highest BCUT2D eigenvalue weighted by atomic mass is 127. The van der Waals surface area contributed by atoms with E-state index < -0.39 is 12.5 Å². The highest BCUT2D eigenvalue weighted by Gasteiger charge is 2.12. The molecule has 28 heavy (non-hydrogen) atoms. The van der Waals surface area contributed by atoms with Crippen LogP contribution >= 0.6 is 24.0 Å². The Labute approximate surface area is 177 Å². The summed E-state index contributed by atoms with van der Waals surface area (Å²) in [7, 11) is 3.03. The molecule has 2 rings (SSSR count). The molecule has 0 atom stereocenters. The summed E-state index contributed by atoms with van der Waals surface area (Å²) < 4.78 is 40.0. The van der Waals surface area contributed by atoms with Crippen molar-refractivity contribution >= 4 is 35.8 Å². The lowest BCUT2D eigenvalue weighted by atomic mass is 10.2. The van der Waals surface area contributed by atoms with Gasteiger partial charge in [-0.15, -0.1) is 24.0 Å². The number of aliphatic imine (C=N–C) groups is 1. The van der Waals surface area contributed by atoms with Crippen molar-refractivity contribution in [2.75, 3.05) is 14.2 Å². The average molecular weight is 510 g/mol. The molecule has 4 N–H and O–H groups in total. The summed E-state index contributed by atoms with van der Waals surface area (Å²) >= 11 is 0. The van der Waals surface area contributed by atoms with Gasteiger partial charge in [-0.2, -0.15) is 8.78 Å². The fraction of sp³-hybridized carbons (Fsp3) is 0.294. The first-order chi connectivity index (χ1) is 12.9. The van der Waals surface area contributed by atoms with Crippen LogP contribution < -0.4 is 25.8 Å². The topological polar surface area (TPSA) is 111 Å². The summed E-state index contributed by atoms with van der Waals surface area (Å²) in [5.41, 5.74) is 5.59. The number of alkyl halides is 2. The zero-order chi connectivity index (χ0) is 19.8. The number of halogens is 3. The third kappa shape index (κ3) is 6.87. The number of carbonyl (C=O) groups is 1. The smallest absolute Gasteiger partial charge is 0.387 e. The van der Waals surface area contributed by atoms with Gasteiger partial charge in [0.1, 0.15) is 17.3 Å². The zero-order valence-electron chi connectivity index (χ0n) is 15.2. The maximum atomic E-state index is 12.6. The van der Waals surface area contributed by atoms with Crippen molar-refractivity contribution < 1.29 is 27.5 Å². The van der Waals surface area contributed by atoms with Crippen molar-refractivity contribution in [2.24, 2.45) is 10.7 Å². The normalized spacial score (nSPS) is 11.0. The summed E-state index contributed by atoms with van der Waals surface area (Å²) in [6.07, 6.45) is 0. The van der Waals surface area contributed by atoms with E-state index in [1.807, 2.05) is 0 Å². The van der Waals surface area contributed by atoms with Crippen molar-refractivity contribution in [1.82, 2.24) is 10.6 Å². The summed E-state index contributed by atoms with van der Waals surface area (Å²) in [5, 5.41) is 5.95. The molecular formula is C17H21F2IN4O4. The van der Waals surface area contributed by atoms with Gasteiger partial charge in [0.05, 0.1) is 13.7 Å². The number of furan rings is 1. The van der Waals surface area contributed by atoms with Gasteiger partial charge in [0, 0.05) is 19.2 Å². The Morgan fingerprint density at radius 1 is 1.25 bits per heavy atom. The van der Waals surface area contributed by atoms with E-state index in [4.69, 9.17) is 14.9 Å². The van der Waals surface area contributed by atoms with Crippen LogP contribution in [0.15, 0.2) is 39.7 Å². The van der Waals surface area contributed by atoms with Gasteiger partial charge in [-0.25, -0.2) is 0 Å². The lowest BCUT2D eigenvalue weighted by Crippen LogP contribution is -2.36. The van der Waals surface area contributed by atoms with E-state index >= 15 is 0 Å². The van der Waals surface area contributed by atoms with E-state index in [9.17, 15) is 13.6 Å². The van der Waals surface area contributed by atoms with Gasteiger partial charge in [0.2, 0.25) is 0 Å². The number of methoxy groups -OCH3 is 1. The predicted octanol–water partition coefficient (Wildman–Crippen LogP) is 2.47. The largest absolute Gasteiger partial charge is 0.497 e. The van der Waals surface area contributed by atoms with Crippen molar-refractivity contribution in [3.8, 4) is 11.5 Å². The molecule has 0 saturated heterocycles. The molecule has 1 amide bonds. The van der Waals surface area contributed by atoms with Gasteiger partial charge in [-0.1, -0.05) is 0 Å². The highest BCUT2D eigenvalue weighted by Crippen LogP contribution is 2.25. The van der Waals surface area contributed by atoms with Crippen molar-refractivity contribution in [2.45, 2.75) is 19.7 Å². The second kappa shape index (κ2) is 11.3. The molecule has 11 heteroatoms. The molecule has 0 spiro atoms. The monoisotopic (exact) mass is 510 g/mol. The number of hydrogen-bond donors (Lipinski definition) is 3. The number of guanidine groups is 1. The highest BCUT2D eigenvalue weighted by molar-refractivity contribution is 14.0. The number of nitrogens with two attached hydrogens (primary N) is 1.